The first-order valence-corrected chi connectivity index (χ1v) is 6.65. The number of aromatic nitrogens is 2. The summed E-state index contributed by atoms with van der Waals surface area (Å²) in [5.74, 6) is 1.37. The zero-order chi connectivity index (χ0) is 13.0. The molecule has 100 valence electrons. The molecule has 1 aliphatic rings. The standard InChI is InChI=1S/C12H18ClN3O2/c1-16(11(17)6-13)8-10-7-14-12(15-10)9-2-4-18-5-3-9/h7,9H,2-6,8H2,1H3,(H,14,15). The van der Waals surface area contributed by atoms with Gasteiger partial charge in [-0.05, 0) is 12.8 Å². The van der Waals surface area contributed by atoms with E-state index in [-0.39, 0.29) is 11.8 Å². The van der Waals surface area contributed by atoms with Crippen LogP contribution in [0.2, 0.25) is 0 Å². The smallest absolute Gasteiger partial charge is 0.237 e. The van der Waals surface area contributed by atoms with E-state index in [9.17, 15) is 4.79 Å². The maximum absolute atomic E-state index is 11.4. The van der Waals surface area contributed by atoms with E-state index in [0.29, 0.717) is 12.5 Å². The summed E-state index contributed by atoms with van der Waals surface area (Å²) in [6.45, 7) is 2.11. The third-order valence-electron chi connectivity index (χ3n) is 3.20. The van der Waals surface area contributed by atoms with Crippen LogP contribution in [0.3, 0.4) is 0 Å². The number of hydrogen-bond acceptors (Lipinski definition) is 3. The number of rotatable bonds is 4. The number of nitrogens with zero attached hydrogens (tertiary/aromatic N) is 2. The molecule has 0 atom stereocenters. The van der Waals surface area contributed by atoms with Gasteiger partial charge in [0, 0.05) is 26.2 Å². The molecule has 18 heavy (non-hydrogen) atoms. The van der Waals surface area contributed by atoms with E-state index in [4.69, 9.17) is 16.3 Å². The van der Waals surface area contributed by atoms with Crippen molar-refractivity contribution in [2.45, 2.75) is 25.3 Å². The van der Waals surface area contributed by atoms with Gasteiger partial charge < -0.3 is 14.6 Å². The Morgan fingerprint density at radius 1 is 1.61 bits per heavy atom. The number of H-pyrrole nitrogens is 1. The van der Waals surface area contributed by atoms with Gasteiger partial charge in [0.1, 0.15) is 11.7 Å². The van der Waals surface area contributed by atoms with Crippen molar-refractivity contribution in [2.75, 3.05) is 26.1 Å². The maximum Gasteiger partial charge on any atom is 0.237 e. The van der Waals surface area contributed by atoms with Gasteiger partial charge in [0.25, 0.3) is 0 Å². The van der Waals surface area contributed by atoms with Crippen LogP contribution in [0.4, 0.5) is 0 Å². The number of ether oxygens (including phenoxy) is 1. The van der Waals surface area contributed by atoms with Crippen LogP contribution in [0.5, 0.6) is 0 Å². The van der Waals surface area contributed by atoms with Crippen LogP contribution in [-0.2, 0) is 16.1 Å². The summed E-state index contributed by atoms with van der Waals surface area (Å²) in [5, 5.41) is 0. The zero-order valence-electron chi connectivity index (χ0n) is 10.5. The van der Waals surface area contributed by atoms with Crippen LogP contribution in [0.15, 0.2) is 6.20 Å². The number of imidazole rings is 1. The van der Waals surface area contributed by atoms with E-state index in [1.54, 1.807) is 18.1 Å². The first kappa shape index (κ1) is 13.4. The third-order valence-corrected chi connectivity index (χ3v) is 3.43. The summed E-state index contributed by atoms with van der Waals surface area (Å²) >= 11 is 5.51. The molecule has 1 aromatic rings. The number of amides is 1. The lowest BCUT2D eigenvalue weighted by molar-refractivity contribution is -0.127. The van der Waals surface area contributed by atoms with Crippen LogP contribution in [0, 0.1) is 0 Å². The molecule has 1 aromatic heterocycles. The van der Waals surface area contributed by atoms with Crippen molar-refractivity contribution >= 4 is 17.5 Å². The molecule has 0 spiro atoms. The van der Waals surface area contributed by atoms with Gasteiger partial charge in [-0.1, -0.05) is 0 Å². The molecular formula is C12H18ClN3O2. The fourth-order valence-electron chi connectivity index (χ4n) is 2.08. The van der Waals surface area contributed by atoms with Gasteiger partial charge in [-0.2, -0.15) is 0 Å². The van der Waals surface area contributed by atoms with E-state index in [1.165, 1.54) is 0 Å². The second kappa shape index (κ2) is 6.20. The van der Waals surface area contributed by atoms with Crippen molar-refractivity contribution in [3.63, 3.8) is 0 Å². The quantitative estimate of drug-likeness (QED) is 0.845. The van der Waals surface area contributed by atoms with Gasteiger partial charge in [-0.15, -0.1) is 11.6 Å². The third kappa shape index (κ3) is 3.23. The molecular weight excluding hydrogens is 254 g/mol. The Labute approximate surface area is 111 Å². The first-order valence-electron chi connectivity index (χ1n) is 6.12. The highest BCUT2D eigenvalue weighted by Gasteiger charge is 2.19. The number of carbonyl (C=O) groups excluding carboxylic acids is 1. The maximum atomic E-state index is 11.4. The van der Waals surface area contributed by atoms with Crippen molar-refractivity contribution in [3.05, 3.63) is 17.7 Å². The van der Waals surface area contributed by atoms with Crippen LogP contribution in [0.25, 0.3) is 0 Å². The van der Waals surface area contributed by atoms with Gasteiger partial charge in [0.15, 0.2) is 0 Å². The van der Waals surface area contributed by atoms with E-state index in [1.807, 2.05) is 0 Å². The van der Waals surface area contributed by atoms with Crippen molar-refractivity contribution in [3.8, 4) is 0 Å². The van der Waals surface area contributed by atoms with Gasteiger partial charge in [-0.3, -0.25) is 4.79 Å². The lowest BCUT2D eigenvalue weighted by atomic mass is 10.00. The molecule has 0 aliphatic carbocycles. The highest BCUT2D eigenvalue weighted by Crippen LogP contribution is 2.24. The van der Waals surface area contributed by atoms with Gasteiger partial charge in [-0.25, -0.2) is 4.98 Å². The number of aromatic amines is 1. The topological polar surface area (TPSA) is 58.2 Å². The summed E-state index contributed by atoms with van der Waals surface area (Å²) in [6.07, 6.45) is 3.80. The lowest BCUT2D eigenvalue weighted by Gasteiger charge is -2.20. The molecule has 1 N–H and O–H groups in total. The summed E-state index contributed by atoms with van der Waals surface area (Å²) in [4.78, 5) is 20.6. The molecule has 1 amide bonds. The highest BCUT2D eigenvalue weighted by atomic mass is 35.5. The van der Waals surface area contributed by atoms with E-state index < -0.39 is 0 Å². The van der Waals surface area contributed by atoms with E-state index in [0.717, 1.165) is 37.6 Å². The van der Waals surface area contributed by atoms with Crippen LogP contribution < -0.4 is 0 Å². The van der Waals surface area contributed by atoms with Crippen molar-refractivity contribution in [2.24, 2.45) is 0 Å². The number of alkyl halides is 1. The van der Waals surface area contributed by atoms with Gasteiger partial charge in [0.05, 0.1) is 18.4 Å². The molecule has 0 aromatic carbocycles. The predicted octanol–water partition coefficient (Wildman–Crippen LogP) is 1.50. The van der Waals surface area contributed by atoms with Crippen LogP contribution >= 0.6 is 11.6 Å². The number of carbonyl (C=O) groups is 1. The average Bonchev–Trinajstić information content (AvgIpc) is 2.87. The Hall–Kier alpha value is -1.07. The number of hydrogen-bond donors (Lipinski definition) is 1. The second-order valence-corrected chi connectivity index (χ2v) is 4.83. The van der Waals surface area contributed by atoms with Crippen LogP contribution in [0.1, 0.15) is 30.3 Å². The summed E-state index contributed by atoms with van der Waals surface area (Å²) in [6, 6.07) is 0. The normalized spacial score (nSPS) is 16.8. The molecule has 0 bridgehead atoms. The number of nitrogens with one attached hydrogen (secondary N) is 1. The largest absolute Gasteiger partial charge is 0.381 e. The highest BCUT2D eigenvalue weighted by molar-refractivity contribution is 6.27. The van der Waals surface area contributed by atoms with E-state index in [2.05, 4.69) is 9.97 Å². The average molecular weight is 272 g/mol. The van der Waals surface area contributed by atoms with E-state index >= 15 is 0 Å². The predicted molar refractivity (Wildman–Crippen MR) is 68.6 cm³/mol. The fraction of sp³-hybridized carbons (Fsp3) is 0.667. The minimum atomic E-state index is -0.0844. The Kier molecular flexibility index (Phi) is 4.60. The molecule has 5 nitrogen and oxygen atoms in total. The Bertz CT molecular complexity index is 402. The molecule has 0 saturated carbocycles. The second-order valence-electron chi connectivity index (χ2n) is 4.56. The molecule has 0 radical (unpaired) electrons. The fourth-order valence-corrected chi connectivity index (χ4v) is 2.29. The minimum Gasteiger partial charge on any atom is -0.381 e. The summed E-state index contributed by atoms with van der Waals surface area (Å²) < 4.78 is 5.33. The summed E-state index contributed by atoms with van der Waals surface area (Å²) in [5.41, 5.74) is 0.942. The molecule has 1 saturated heterocycles. The Morgan fingerprint density at radius 3 is 3.00 bits per heavy atom. The monoisotopic (exact) mass is 271 g/mol. The lowest BCUT2D eigenvalue weighted by Crippen LogP contribution is -2.27. The molecule has 2 heterocycles. The summed E-state index contributed by atoms with van der Waals surface area (Å²) in [7, 11) is 1.74. The molecule has 1 aliphatic heterocycles. The van der Waals surface area contributed by atoms with Crippen LogP contribution in [-0.4, -0.2) is 46.9 Å². The van der Waals surface area contributed by atoms with Gasteiger partial charge >= 0.3 is 0 Å². The zero-order valence-corrected chi connectivity index (χ0v) is 11.2. The van der Waals surface area contributed by atoms with Crippen molar-refractivity contribution in [1.82, 2.24) is 14.9 Å². The molecule has 6 heteroatoms. The SMILES string of the molecule is CN(Cc1cnc(C2CCOCC2)[nH]1)C(=O)CCl. The first-order chi connectivity index (χ1) is 8.70. The van der Waals surface area contributed by atoms with Crippen molar-refractivity contribution in [1.29, 1.82) is 0 Å². The van der Waals surface area contributed by atoms with Crippen molar-refractivity contribution < 1.29 is 9.53 Å². The minimum absolute atomic E-state index is 0.0114. The Morgan fingerprint density at radius 2 is 2.33 bits per heavy atom. The molecule has 2 rings (SSSR count). The van der Waals surface area contributed by atoms with Gasteiger partial charge in [0.2, 0.25) is 5.91 Å². The number of halogens is 1. The molecule has 0 unspecified atom stereocenters. The molecule has 1 fully saturated rings. The Balaban J connectivity index is 1.95.